The van der Waals surface area contributed by atoms with E-state index in [0.717, 1.165) is 29.0 Å². The Morgan fingerprint density at radius 3 is 2.58 bits per heavy atom. The van der Waals surface area contributed by atoms with E-state index >= 15 is 0 Å². The van der Waals surface area contributed by atoms with Crippen LogP contribution in [0.15, 0.2) is 54.9 Å². The summed E-state index contributed by atoms with van der Waals surface area (Å²) in [6.45, 7) is 3.72. The smallest absolute Gasteiger partial charge is 0.404 e. The maximum Gasteiger partial charge on any atom is 0.404 e. The third-order valence-electron chi connectivity index (χ3n) is 3.26. The molecule has 2 aromatic carbocycles. The molecule has 1 heterocycles. The predicted octanol–water partition coefficient (Wildman–Crippen LogP) is 4.24. The Hall–Kier alpha value is -3.02. The van der Waals surface area contributed by atoms with Crippen LogP contribution in [0.3, 0.4) is 0 Å². The lowest BCUT2D eigenvalue weighted by Crippen LogP contribution is -2.19. The number of aromatic nitrogens is 2. The Morgan fingerprint density at radius 1 is 1.21 bits per heavy atom. The molecule has 0 aliphatic heterocycles. The molecular weight excluding hydrogens is 306 g/mol. The second-order valence-corrected chi connectivity index (χ2v) is 5.15. The van der Waals surface area contributed by atoms with Crippen molar-refractivity contribution >= 4 is 17.1 Å². The van der Waals surface area contributed by atoms with Crippen LogP contribution in [0.25, 0.3) is 11.0 Å². The molecule has 1 unspecified atom stereocenters. The van der Waals surface area contributed by atoms with Crippen molar-refractivity contribution < 1.29 is 14.3 Å². The zero-order valence-corrected chi connectivity index (χ0v) is 13.7. The third-order valence-corrected chi connectivity index (χ3v) is 3.26. The first-order valence-corrected chi connectivity index (χ1v) is 7.70. The number of carbonyl (C=O) groups excluding carboxylic acids is 1. The quantitative estimate of drug-likeness (QED) is 0.750. The SMILES string of the molecule is CCC(C)OC(N)=O.c1ccc(Oc2ccc3nc[nH]c3c2)cc1. The number of nitrogens with zero attached hydrogens (tertiary/aromatic N) is 1. The fourth-order valence-corrected chi connectivity index (χ4v) is 1.88. The summed E-state index contributed by atoms with van der Waals surface area (Å²) in [6, 6.07) is 15.5. The fourth-order valence-electron chi connectivity index (χ4n) is 1.88. The number of aromatic amines is 1. The molecule has 0 aliphatic rings. The zero-order valence-electron chi connectivity index (χ0n) is 13.7. The molecule has 1 amide bonds. The number of nitrogens with two attached hydrogens (primary N) is 1. The average Bonchev–Trinajstić information content (AvgIpc) is 3.03. The molecule has 6 nitrogen and oxygen atoms in total. The summed E-state index contributed by atoms with van der Waals surface area (Å²) in [5, 5.41) is 0. The molecule has 126 valence electrons. The highest BCUT2D eigenvalue weighted by Gasteiger charge is 2.00. The largest absolute Gasteiger partial charge is 0.457 e. The van der Waals surface area contributed by atoms with Crippen molar-refractivity contribution in [2.75, 3.05) is 0 Å². The zero-order chi connectivity index (χ0) is 17.4. The molecule has 0 saturated heterocycles. The van der Waals surface area contributed by atoms with Gasteiger partial charge >= 0.3 is 6.09 Å². The molecule has 0 spiro atoms. The standard InChI is InChI=1S/C13H10N2O.C5H11NO2/c1-2-4-10(5-3-1)16-11-6-7-12-13(8-11)15-9-14-12;1-3-4(2)8-5(6)7/h1-9H,(H,14,15);4H,3H2,1-2H3,(H2,6,7). The molecule has 3 rings (SSSR count). The fraction of sp³-hybridized carbons (Fsp3) is 0.222. The summed E-state index contributed by atoms with van der Waals surface area (Å²) < 4.78 is 10.2. The highest BCUT2D eigenvalue weighted by molar-refractivity contribution is 5.76. The number of H-pyrrole nitrogens is 1. The number of ether oxygens (including phenoxy) is 2. The van der Waals surface area contributed by atoms with Gasteiger partial charge in [-0.05, 0) is 37.6 Å². The molecule has 3 aromatic rings. The number of rotatable bonds is 4. The molecule has 3 N–H and O–H groups in total. The number of amides is 1. The summed E-state index contributed by atoms with van der Waals surface area (Å²) in [6.07, 6.45) is 1.74. The van der Waals surface area contributed by atoms with Crippen molar-refractivity contribution in [2.45, 2.75) is 26.4 Å². The minimum absolute atomic E-state index is 0.0486. The summed E-state index contributed by atoms with van der Waals surface area (Å²) in [4.78, 5) is 17.2. The number of para-hydroxylation sites is 1. The molecule has 6 heteroatoms. The Labute approximate surface area is 140 Å². The normalized spacial score (nSPS) is 11.2. The summed E-state index contributed by atoms with van der Waals surface area (Å²) >= 11 is 0. The first-order chi connectivity index (χ1) is 11.6. The van der Waals surface area contributed by atoms with Crippen molar-refractivity contribution in [2.24, 2.45) is 5.73 Å². The molecule has 1 aromatic heterocycles. The minimum atomic E-state index is -0.695. The highest BCUT2D eigenvalue weighted by atomic mass is 16.6. The van der Waals surface area contributed by atoms with Crippen molar-refractivity contribution in [1.29, 1.82) is 0 Å². The summed E-state index contributed by atoms with van der Waals surface area (Å²) in [7, 11) is 0. The lowest BCUT2D eigenvalue weighted by atomic mass is 10.3. The molecule has 1 atom stereocenters. The van der Waals surface area contributed by atoms with E-state index in [1.165, 1.54) is 0 Å². The second kappa shape index (κ2) is 8.57. The Balaban J connectivity index is 0.000000224. The number of nitrogens with one attached hydrogen (secondary N) is 1. The van der Waals surface area contributed by atoms with Crippen LogP contribution in [0.5, 0.6) is 11.5 Å². The van der Waals surface area contributed by atoms with Gasteiger partial charge in [-0.3, -0.25) is 0 Å². The van der Waals surface area contributed by atoms with Gasteiger partial charge in [0.2, 0.25) is 0 Å². The lowest BCUT2D eigenvalue weighted by molar-refractivity contribution is 0.114. The van der Waals surface area contributed by atoms with Crippen molar-refractivity contribution in [3.05, 3.63) is 54.9 Å². The monoisotopic (exact) mass is 327 g/mol. The van der Waals surface area contributed by atoms with Gasteiger partial charge in [-0.1, -0.05) is 25.1 Å². The van der Waals surface area contributed by atoms with Crippen molar-refractivity contribution in [3.63, 3.8) is 0 Å². The summed E-state index contributed by atoms with van der Waals surface area (Å²) in [5.74, 6) is 1.64. The number of hydrogen-bond acceptors (Lipinski definition) is 4. The van der Waals surface area contributed by atoms with Crippen LogP contribution >= 0.6 is 0 Å². The van der Waals surface area contributed by atoms with E-state index in [9.17, 15) is 4.79 Å². The topological polar surface area (TPSA) is 90.2 Å². The van der Waals surface area contributed by atoms with Crippen molar-refractivity contribution in [3.8, 4) is 11.5 Å². The second-order valence-electron chi connectivity index (χ2n) is 5.15. The molecule has 24 heavy (non-hydrogen) atoms. The number of primary amides is 1. The van der Waals surface area contributed by atoms with E-state index in [1.54, 1.807) is 13.3 Å². The first kappa shape index (κ1) is 17.3. The van der Waals surface area contributed by atoms with Crippen LogP contribution in [0.2, 0.25) is 0 Å². The molecule has 0 bridgehead atoms. The first-order valence-electron chi connectivity index (χ1n) is 7.70. The number of carbonyl (C=O) groups is 1. The van der Waals surface area contributed by atoms with Gasteiger partial charge in [0.15, 0.2) is 0 Å². The van der Waals surface area contributed by atoms with Crippen LogP contribution in [0, 0.1) is 0 Å². The number of fused-ring (bicyclic) bond motifs is 1. The maximum absolute atomic E-state index is 9.97. The molecule has 0 radical (unpaired) electrons. The minimum Gasteiger partial charge on any atom is -0.457 e. The van der Waals surface area contributed by atoms with E-state index in [-0.39, 0.29) is 6.10 Å². The Kier molecular flexibility index (Phi) is 6.19. The highest BCUT2D eigenvalue weighted by Crippen LogP contribution is 2.23. The van der Waals surface area contributed by atoms with Crippen LogP contribution in [-0.4, -0.2) is 22.2 Å². The van der Waals surface area contributed by atoms with Crippen LogP contribution in [0.1, 0.15) is 20.3 Å². The third kappa shape index (κ3) is 5.31. The molecule has 0 saturated carbocycles. The van der Waals surface area contributed by atoms with Gasteiger partial charge in [0, 0.05) is 6.07 Å². The van der Waals surface area contributed by atoms with E-state index < -0.39 is 6.09 Å². The average molecular weight is 327 g/mol. The number of imidazole rings is 1. The predicted molar refractivity (Wildman–Crippen MR) is 93.0 cm³/mol. The van der Waals surface area contributed by atoms with Crippen LogP contribution in [0.4, 0.5) is 4.79 Å². The molecule has 0 fully saturated rings. The summed E-state index contributed by atoms with van der Waals surface area (Å²) in [5.41, 5.74) is 6.63. The van der Waals surface area contributed by atoms with Gasteiger partial charge in [-0.15, -0.1) is 0 Å². The van der Waals surface area contributed by atoms with E-state index in [2.05, 4.69) is 14.7 Å². The molecular formula is C18H21N3O3. The molecule has 0 aliphatic carbocycles. The number of benzene rings is 2. The van der Waals surface area contributed by atoms with Crippen LogP contribution in [-0.2, 0) is 4.74 Å². The number of hydrogen-bond donors (Lipinski definition) is 2. The Bertz CT molecular complexity index is 771. The van der Waals surface area contributed by atoms with Crippen molar-refractivity contribution in [1.82, 2.24) is 9.97 Å². The van der Waals surface area contributed by atoms with Gasteiger partial charge in [0.25, 0.3) is 0 Å². The van der Waals surface area contributed by atoms with Gasteiger partial charge in [-0.2, -0.15) is 0 Å². The maximum atomic E-state index is 9.97. The van der Waals surface area contributed by atoms with Gasteiger partial charge in [0.1, 0.15) is 17.6 Å². The Morgan fingerprint density at radius 2 is 1.96 bits per heavy atom. The van der Waals surface area contributed by atoms with Gasteiger partial charge < -0.3 is 20.2 Å². The van der Waals surface area contributed by atoms with E-state index in [0.29, 0.717) is 0 Å². The van der Waals surface area contributed by atoms with Gasteiger partial charge in [0.05, 0.1) is 17.4 Å². The van der Waals surface area contributed by atoms with Gasteiger partial charge in [-0.25, -0.2) is 9.78 Å². The van der Waals surface area contributed by atoms with Crippen LogP contribution < -0.4 is 10.5 Å². The van der Waals surface area contributed by atoms with E-state index in [4.69, 9.17) is 10.5 Å². The lowest BCUT2D eigenvalue weighted by Gasteiger charge is -2.06. The van der Waals surface area contributed by atoms with E-state index in [1.807, 2.05) is 55.5 Å².